The van der Waals surface area contributed by atoms with Crippen LogP contribution < -0.4 is 4.74 Å². The minimum absolute atomic E-state index is 0.0535. The van der Waals surface area contributed by atoms with E-state index in [9.17, 15) is 9.59 Å². The van der Waals surface area contributed by atoms with E-state index >= 15 is 0 Å². The lowest BCUT2D eigenvalue weighted by Crippen LogP contribution is -2.37. The van der Waals surface area contributed by atoms with Crippen molar-refractivity contribution in [2.75, 3.05) is 14.2 Å². The van der Waals surface area contributed by atoms with Gasteiger partial charge in [0.2, 0.25) is 0 Å². The molecule has 0 aliphatic rings. The van der Waals surface area contributed by atoms with Crippen molar-refractivity contribution in [1.29, 1.82) is 0 Å². The first kappa shape index (κ1) is 24.0. The summed E-state index contributed by atoms with van der Waals surface area (Å²) in [6.45, 7) is 8.02. The summed E-state index contributed by atoms with van der Waals surface area (Å²) in [6, 6.07) is 13.9. The maximum atomic E-state index is 13.8. The molecule has 30 heavy (non-hydrogen) atoms. The summed E-state index contributed by atoms with van der Waals surface area (Å²) in [7, 11) is 3.01. The van der Waals surface area contributed by atoms with E-state index in [-0.39, 0.29) is 18.2 Å². The largest absolute Gasteiger partial charge is 0.497 e. The van der Waals surface area contributed by atoms with E-state index in [2.05, 4.69) is 6.07 Å². The van der Waals surface area contributed by atoms with Crippen LogP contribution in [0.4, 0.5) is 0 Å². The second-order valence-corrected chi connectivity index (χ2v) is 9.26. The number of hydrogen-bond acceptors (Lipinski definition) is 5. The summed E-state index contributed by atoms with van der Waals surface area (Å²) in [5, 5.41) is 0. The van der Waals surface area contributed by atoms with Gasteiger partial charge in [-0.1, -0.05) is 42.8 Å². The number of esters is 1. The van der Waals surface area contributed by atoms with E-state index in [4.69, 9.17) is 9.47 Å². The highest BCUT2D eigenvalue weighted by Crippen LogP contribution is 2.39. The van der Waals surface area contributed by atoms with Crippen LogP contribution in [0.5, 0.6) is 5.75 Å². The number of aryl methyl sites for hydroxylation is 2. The average molecular weight is 429 g/mol. The molecule has 162 valence electrons. The number of methoxy groups -OCH3 is 2. The first-order valence-corrected chi connectivity index (χ1v) is 11.2. The molecule has 2 aromatic rings. The predicted molar refractivity (Wildman–Crippen MR) is 123 cm³/mol. The van der Waals surface area contributed by atoms with Crippen molar-refractivity contribution in [3.05, 3.63) is 64.7 Å². The molecular weight excluding hydrogens is 396 g/mol. The van der Waals surface area contributed by atoms with Gasteiger partial charge in [-0.05, 0) is 56.0 Å². The minimum Gasteiger partial charge on any atom is -0.497 e. The van der Waals surface area contributed by atoms with E-state index in [0.29, 0.717) is 12.2 Å². The molecule has 2 atom stereocenters. The van der Waals surface area contributed by atoms with Gasteiger partial charge in [-0.2, -0.15) is 0 Å². The number of thioether (sulfide) groups is 1. The number of ether oxygens (including phenoxy) is 2. The van der Waals surface area contributed by atoms with Crippen LogP contribution in [-0.2, 0) is 20.1 Å². The molecule has 0 saturated heterocycles. The fourth-order valence-corrected chi connectivity index (χ4v) is 4.66. The Morgan fingerprint density at radius 1 is 1.07 bits per heavy atom. The fraction of sp³-hybridized carbons (Fsp3) is 0.440. The molecule has 5 heteroatoms. The Labute approximate surface area is 184 Å². The molecule has 2 rings (SSSR count). The van der Waals surface area contributed by atoms with Gasteiger partial charge in [0.25, 0.3) is 0 Å². The normalized spacial score (nSPS) is 13.9. The monoisotopic (exact) mass is 428 g/mol. The highest BCUT2D eigenvalue weighted by atomic mass is 32.2. The van der Waals surface area contributed by atoms with Gasteiger partial charge in [-0.15, -0.1) is 11.8 Å². The Morgan fingerprint density at radius 3 is 2.27 bits per heavy atom. The van der Waals surface area contributed by atoms with Crippen molar-refractivity contribution in [3.8, 4) is 5.75 Å². The van der Waals surface area contributed by atoms with Crippen molar-refractivity contribution < 1.29 is 19.1 Å². The molecule has 2 unspecified atom stereocenters. The molecule has 0 fully saturated rings. The molecule has 0 N–H and O–H groups in total. The molecule has 0 spiro atoms. The quantitative estimate of drug-likeness (QED) is 0.459. The fourth-order valence-electron chi connectivity index (χ4n) is 3.49. The molecule has 0 heterocycles. The van der Waals surface area contributed by atoms with Crippen LogP contribution in [0.1, 0.15) is 54.9 Å². The molecular formula is C25H32O4S. The number of carbonyl (C=O) groups is 2. The summed E-state index contributed by atoms with van der Waals surface area (Å²) in [5.74, 6) is 0.697. The molecule has 0 aliphatic carbocycles. The first-order valence-electron chi connectivity index (χ1n) is 10.2. The van der Waals surface area contributed by atoms with Gasteiger partial charge >= 0.3 is 5.97 Å². The van der Waals surface area contributed by atoms with Crippen molar-refractivity contribution in [2.45, 2.75) is 57.0 Å². The summed E-state index contributed by atoms with van der Waals surface area (Å²) in [4.78, 5) is 25.9. The number of ketones is 1. The highest BCUT2D eigenvalue weighted by molar-refractivity contribution is 8.00. The highest BCUT2D eigenvalue weighted by Gasteiger charge is 2.39. The van der Waals surface area contributed by atoms with E-state index in [1.165, 1.54) is 7.11 Å². The van der Waals surface area contributed by atoms with E-state index < -0.39 is 10.7 Å². The Balaban J connectivity index is 2.29. The van der Waals surface area contributed by atoms with Crippen molar-refractivity contribution >= 4 is 23.5 Å². The Bertz CT molecular complexity index is 875. The van der Waals surface area contributed by atoms with Crippen LogP contribution >= 0.6 is 11.8 Å². The van der Waals surface area contributed by atoms with Crippen LogP contribution in [0.3, 0.4) is 0 Å². The van der Waals surface area contributed by atoms with Crippen molar-refractivity contribution in [2.24, 2.45) is 0 Å². The number of benzene rings is 2. The van der Waals surface area contributed by atoms with Crippen LogP contribution in [-0.4, -0.2) is 30.7 Å². The molecule has 0 amide bonds. The standard InChI is InChI=1S/C25H32O4S/c1-7-25(4,30-16-19-9-11-20(28-5)12-10-19)24(27)22(15-23(26)29-6)21-13-8-17(2)14-18(21)3/h8-14,22H,7,15-16H2,1-6H3. The number of rotatable bonds is 10. The summed E-state index contributed by atoms with van der Waals surface area (Å²) in [6.07, 6.45) is 0.729. The smallest absolute Gasteiger partial charge is 0.306 e. The maximum Gasteiger partial charge on any atom is 0.306 e. The Morgan fingerprint density at radius 2 is 1.73 bits per heavy atom. The lowest BCUT2D eigenvalue weighted by Gasteiger charge is -2.31. The number of carbonyl (C=O) groups excluding carboxylic acids is 2. The molecule has 4 nitrogen and oxygen atoms in total. The van der Waals surface area contributed by atoms with Crippen molar-refractivity contribution in [1.82, 2.24) is 0 Å². The van der Waals surface area contributed by atoms with Gasteiger partial charge in [0, 0.05) is 5.75 Å². The maximum absolute atomic E-state index is 13.8. The summed E-state index contributed by atoms with van der Waals surface area (Å²) < 4.78 is 9.51. The van der Waals surface area contributed by atoms with Gasteiger partial charge in [0.15, 0.2) is 5.78 Å². The summed E-state index contributed by atoms with van der Waals surface area (Å²) in [5.41, 5.74) is 4.19. The first-order chi connectivity index (χ1) is 14.2. The third kappa shape index (κ3) is 5.88. The third-order valence-electron chi connectivity index (χ3n) is 5.63. The molecule has 0 saturated carbocycles. The molecule has 0 bridgehead atoms. The van der Waals surface area contributed by atoms with E-state index in [1.54, 1.807) is 18.9 Å². The van der Waals surface area contributed by atoms with Crippen LogP contribution in [0.2, 0.25) is 0 Å². The van der Waals surface area contributed by atoms with Gasteiger partial charge in [-0.25, -0.2) is 0 Å². The van der Waals surface area contributed by atoms with E-state index in [1.807, 2.05) is 64.1 Å². The third-order valence-corrected chi connectivity index (χ3v) is 7.23. The Kier molecular flexibility index (Phi) is 8.54. The van der Waals surface area contributed by atoms with E-state index in [0.717, 1.165) is 28.0 Å². The number of hydrogen-bond donors (Lipinski definition) is 0. The molecule has 0 radical (unpaired) electrons. The minimum atomic E-state index is -0.615. The molecule has 0 aromatic heterocycles. The molecule has 2 aromatic carbocycles. The van der Waals surface area contributed by atoms with Gasteiger partial charge in [-0.3, -0.25) is 9.59 Å². The molecule has 0 aliphatic heterocycles. The number of Topliss-reactive ketones (excluding diaryl/α,β-unsaturated/α-hetero) is 1. The lowest BCUT2D eigenvalue weighted by molar-refractivity contribution is -0.142. The van der Waals surface area contributed by atoms with Gasteiger partial charge in [0.1, 0.15) is 5.75 Å². The SMILES string of the molecule is CCC(C)(SCc1ccc(OC)cc1)C(=O)C(CC(=O)OC)c1ccc(C)cc1C. The van der Waals surface area contributed by atoms with Gasteiger partial charge < -0.3 is 9.47 Å². The zero-order valence-corrected chi connectivity index (χ0v) is 19.6. The lowest BCUT2D eigenvalue weighted by atomic mass is 9.82. The topological polar surface area (TPSA) is 52.6 Å². The van der Waals surface area contributed by atoms with Crippen LogP contribution in [0, 0.1) is 13.8 Å². The van der Waals surface area contributed by atoms with Crippen LogP contribution in [0.25, 0.3) is 0 Å². The summed E-state index contributed by atoms with van der Waals surface area (Å²) >= 11 is 1.62. The second-order valence-electron chi connectivity index (χ2n) is 7.78. The van der Waals surface area contributed by atoms with Crippen LogP contribution in [0.15, 0.2) is 42.5 Å². The second kappa shape index (κ2) is 10.7. The zero-order chi connectivity index (χ0) is 22.3. The predicted octanol–water partition coefficient (Wildman–Crippen LogP) is 5.63. The zero-order valence-electron chi connectivity index (χ0n) is 18.8. The van der Waals surface area contributed by atoms with Crippen molar-refractivity contribution in [3.63, 3.8) is 0 Å². The van der Waals surface area contributed by atoms with Gasteiger partial charge in [0.05, 0.1) is 31.3 Å². The Hall–Kier alpha value is -2.27. The average Bonchev–Trinajstić information content (AvgIpc) is 2.75.